The quantitative estimate of drug-likeness (QED) is 0.468. The lowest BCUT2D eigenvalue weighted by molar-refractivity contribution is -0.0500. The number of rotatable bonds is 2. The van der Waals surface area contributed by atoms with Crippen molar-refractivity contribution in [3.63, 3.8) is 0 Å². The van der Waals surface area contributed by atoms with Crippen molar-refractivity contribution in [2.75, 3.05) is 0 Å². The van der Waals surface area contributed by atoms with Gasteiger partial charge < -0.3 is 4.18 Å². The van der Waals surface area contributed by atoms with Crippen LogP contribution in [0.3, 0.4) is 0 Å². The molecule has 0 bridgehead atoms. The molecule has 0 saturated carbocycles. The molecule has 29 heavy (non-hydrogen) atoms. The highest BCUT2D eigenvalue weighted by molar-refractivity contribution is 7.88. The maximum absolute atomic E-state index is 12.8. The molecule has 1 unspecified atom stereocenters. The van der Waals surface area contributed by atoms with Gasteiger partial charge in [-0.15, -0.1) is 0 Å². The first kappa shape index (κ1) is 20.3. The number of benzene rings is 2. The zero-order valence-corrected chi connectivity index (χ0v) is 17.5. The van der Waals surface area contributed by atoms with Gasteiger partial charge in [0.25, 0.3) is 0 Å². The molecule has 0 amide bonds. The van der Waals surface area contributed by atoms with Crippen molar-refractivity contribution in [3.8, 4) is 5.75 Å². The van der Waals surface area contributed by atoms with Gasteiger partial charge in [0.15, 0.2) is 0 Å². The molecule has 2 aliphatic rings. The van der Waals surface area contributed by atoms with Crippen LogP contribution < -0.4 is 4.18 Å². The highest BCUT2D eigenvalue weighted by Gasteiger charge is 2.56. The lowest BCUT2D eigenvalue weighted by Crippen LogP contribution is -2.28. The van der Waals surface area contributed by atoms with Crippen molar-refractivity contribution in [1.29, 1.82) is 0 Å². The minimum atomic E-state index is -5.72. The molecular formula is C22H23F3O3S. The Morgan fingerprint density at radius 1 is 0.828 bits per heavy atom. The first-order chi connectivity index (χ1) is 13.2. The third-order valence-electron chi connectivity index (χ3n) is 6.38. The van der Waals surface area contributed by atoms with Gasteiger partial charge in [0.2, 0.25) is 0 Å². The van der Waals surface area contributed by atoms with E-state index in [9.17, 15) is 21.6 Å². The number of fused-ring (bicyclic) bond motifs is 4. The zero-order chi connectivity index (χ0) is 21.5. The molecule has 3 nitrogen and oxygen atoms in total. The Bertz CT molecular complexity index is 1100. The molecule has 2 aromatic rings. The fraction of sp³-hybridized carbons (Fsp3) is 0.455. The van der Waals surface area contributed by atoms with E-state index >= 15 is 0 Å². The van der Waals surface area contributed by atoms with Crippen molar-refractivity contribution in [2.45, 2.75) is 62.3 Å². The Balaban J connectivity index is 1.90. The molecule has 0 heterocycles. The van der Waals surface area contributed by atoms with Gasteiger partial charge in [-0.05, 0) is 58.1 Å². The first-order valence-electron chi connectivity index (χ1n) is 9.45. The molecule has 0 aromatic heterocycles. The summed E-state index contributed by atoms with van der Waals surface area (Å²) in [5, 5.41) is 0. The standard InChI is InChI=1S/C22H23F3O3S/c1-19(2)12-21(17-8-6-5-7-15(17)19)13-20(3,4)16-10-9-14(11-18(16)21)28-29(26,27)22(23,24)25/h5-11H,12-13H2,1-4H3. The van der Waals surface area contributed by atoms with Crippen LogP contribution in [-0.2, 0) is 26.4 Å². The maximum Gasteiger partial charge on any atom is 0.534 e. The fourth-order valence-electron chi connectivity index (χ4n) is 5.51. The summed E-state index contributed by atoms with van der Waals surface area (Å²) in [6.45, 7) is 8.56. The van der Waals surface area contributed by atoms with Gasteiger partial charge >= 0.3 is 15.6 Å². The Morgan fingerprint density at radius 2 is 1.34 bits per heavy atom. The summed E-state index contributed by atoms with van der Waals surface area (Å²) in [5.41, 5.74) is -1.92. The van der Waals surface area contributed by atoms with Crippen molar-refractivity contribution < 1.29 is 25.8 Å². The average molecular weight is 424 g/mol. The van der Waals surface area contributed by atoms with E-state index < -0.39 is 15.6 Å². The molecule has 0 N–H and O–H groups in total. The van der Waals surface area contributed by atoms with E-state index in [1.807, 2.05) is 12.1 Å². The van der Waals surface area contributed by atoms with Crippen LogP contribution in [0.5, 0.6) is 5.75 Å². The summed E-state index contributed by atoms with van der Waals surface area (Å²) in [6.07, 6.45) is 1.59. The first-order valence-corrected chi connectivity index (χ1v) is 10.9. The molecule has 0 fully saturated rings. The van der Waals surface area contributed by atoms with E-state index in [1.165, 1.54) is 17.7 Å². The number of alkyl halides is 3. The summed E-state index contributed by atoms with van der Waals surface area (Å²) in [4.78, 5) is 0. The largest absolute Gasteiger partial charge is 0.534 e. The summed E-state index contributed by atoms with van der Waals surface area (Å²) < 4.78 is 65.9. The van der Waals surface area contributed by atoms with Crippen LogP contribution in [0, 0.1) is 0 Å². The minimum absolute atomic E-state index is 0.108. The molecule has 1 spiro atoms. The van der Waals surface area contributed by atoms with Crippen LogP contribution >= 0.6 is 0 Å². The smallest absolute Gasteiger partial charge is 0.376 e. The summed E-state index contributed by atoms with van der Waals surface area (Å²) >= 11 is 0. The number of hydrogen-bond donors (Lipinski definition) is 0. The lowest BCUT2D eigenvalue weighted by Gasteiger charge is -2.30. The van der Waals surface area contributed by atoms with E-state index in [1.54, 1.807) is 6.07 Å². The van der Waals surface area contributed by atoms with Crippen molar-refractivity contribution >= 4 is 10.1 Å². The predicted molar refractivity (Wildman–Crippen MR) is 105 cm³/mol. The molecule has 7 heteroatoms. The molecule has 2 aliphatic carbocycles. The summed E-state index contributed by atoms with van der Waals surface area (Å²) in [7, 11) is -5.72. The topological polar surface area (TPSA) is 43.4 Å². The molecule has 2 aromatic carbocycles. The highest BCUT2D eigenvalue weighted by Crippen LogP contribution is 2.63. The van der Waals surface area contributed by atoms with Gasteiger partial charge in [-0.1, -0.05) is 58.0 Å². The predicted octanol–water partition coefficient (Wildman–Crippen LogP) is 5.56. The molecular weight excluding hydrogens is 401 g/mol. The summed E-state index contributed by atoms with van der Waals surface area (Å²) in [5.74, 6) is -0.305. The van der Waals surface area contributed by atoms with E-state index in [0.29, 0.717) is 0 Å². The van der Waals surface area contributed by atoms with Crippen molar-refractivity contribution in [1.82, 2.24) is 0 Å². The molecule has 156 valence electrons. The van der Waals surface area contributed by atoms with E-state index in [-0.39, 0.29) is 22.0 Å². The Labute approximate surface area is 169 Å². The van der Waals surface area contributed by atoms with Gasteiger partial charge in [0.1, 0.15) is 5.75 Å². The third kappa shape index (κ3) is 2.88. The van der Waals surface area contributed by atoms with Crippen LogP contribution in [0.1, 0.15) is 62.8 Å². The van der Waals surface area contributed by atoms with Crippen molar-refractivity contribution in [2.24, 2.45) is 0 Å². The zero-order valence-electron chi connectivity index (χ0n) is 16.7. The summed E-state index contributed by atoms with van der Waals surface area (Å²) in [6, 6.07) is 12.7. The van der Waals surface area contributed by atoms with Gasteiger partial charge in [-0.2, -0.15) is 21.6 Å². The van der Waals surface area contributed by atoms with Crippen LogP contribution in [0.15, 0.2) is 42.5 Å². The second kappa shape index (κ2) is 5.78. The van der Waals surface area contributed by atoms with Gasteiger partial charge in [-0.3, -0.25) is 0 Å². The van der Waals surface area contributed by atoms with Gasteiger partial charge in [0.05, 0.1) is 0 Å². The number of halogens is 3. The Kier molecular flexibility index (Phi) is 4.04. The second-order valence-corrected chi connectivity index (χ2v) is 11.0. The molecule has 4 rings (SSSR count). The third-order valence-corrected chi connectivity index (χ3v) is 7.36. The monoisotopic (exact) mass is 424 g/mol. The maximum atomic E-state index is 12.8. The molecule has 0 radical (unpaired) electrons. The van der Waals surface area contributed by atoms with E-state index in [4.69, 9.17) is 0 Å². The van der Waals surface area contributed by atoms with Crippen LogP contribution in [-0.4, -0.2) is 13.9 Å². The van der Waals surface area contributed by atoms with E-state index in [2.05, 4.69) is 44.0 Å². The van der Waals surface area contributed by atoms with Crippen molar-refractivity contribution in [3.05, 3.63) is 64.7 Å². The minimum Gasteiger partial charge on any atom is -0.376 e. The van der Waals surface area contributed by atoms with Crippen LogP contribution in [0.2, 0.25) is 0 Å². The molecule has 1 atom stereocenters. The molecule has 0 saturated heterocycles. The van der Waals surface area contributed by atoms with Crippen LogP contribution in [0.4, 0.5) is 13.2 Å². The average Bonchev–Trinajstić information content (AvgIpc) is 2.94. The normalized spacial score (nSPS) is 24.4. The molecule has 0 aliphatic heterocycles. The second-order valence-electron chi connectivity index (χ2n) is 9.44. The Hall–Kier alpha value is -2.02. The lowest BCUT2D eigenvalue weighted by atomic mass is 9.72. The fourth-order valence-corrected chi connectivity index (χ4v) is 5.97. The van der Waals surface area contributed by atoms with Gasteiger partial charge in [0, 0.05) is 5.41 Å². The number of hydrogen-bond acceptors (Lipinski definition) is 3. The van der Waals surface area contributed by atoms with Crippen LogP contribution in [0.25, 0.3) is 0 Å². The highest BCUT2D eigenvalue weighted by atomic mass is 32.2. The van der Waals surface area contributed by atoms with Gasteiger partial charge in [-0.25, -0.2) is 0 Å². The SMILES string of the molecule is CC1(C)CC2(CC(C)(C)c3ccc(OS(=O)(=O)C(F)(F)F)cc32)c2ccccc21. The Morgan fingerprint density at radius 3 is 1.90 bits per heavy atom. The van der Waals surface area contributed by atoms with E-state index in [0.717, 1.165) is 29.5 Å².